The van der Waals surface area contributed by atoms with Crippen LogP contribution in [-0.2, 0) is 4.74 Å². The van der Waals surface area contributed by atoms with Crippen LogP contribution in [0.25, 0.3) is 5.52 Å². The van der Waals surface area contributed by atoms with E-state index in [1.165, 1.54) is 4.52 Å². The van der Waals surface area contributed by atoms with Gasteiger partial charge in [-0.25, -0.2) is 9.31 Å². The normalized spacial score (nSPS) is 12.4. The largest absolute Gasteiger partial charge is 0.444 e. The average molecular weight is 468 g/mol. The number of fused-ring (bicyclic) bond motifs is 1. The molecule has 2 heterocycles. The molecule has 182 valence electrons. The van der Waals surface area contributed by atoms with Gasteiger partial charge in [-0.05, 0) is 64.8 Å². The molecule has 2 N–H and O–H groups in total. The predicted octanol–water partition coefficient (Wildman–Crippen LogP) is 3.84. The smallest absolute Gasteiger partial charge is 0.407 e. The fourth-order valence-corrected chi connectivity index (χ4v) is 3.69. The highest BCUT2D eigenvalue weighted by Crippen LogP contribution is 2.23. The third kappa shape index (κ3) is 6.24. The average Bonchev–Trinajstić information content (AvgIpc) is 3.24. The molecule has 0 radical (unpaired) electrons. The van der Waals surface area contributed by atoms with E-state index < -0.39 is 17.7 Å². The van der Waals surface area contributed by atoms with Crippen LogP contribution >= 0.6 is 0 Å². The van der Waals surface area contributed by atoms with Crippen LogP contribution in [-0.4, -0.2) is 50.2 Å². The van der Waals surface area contributed by atoms with Crippen molar-refractivity contribution in [3.8, 4) is 0 Å². The number of nitrogens with zero attached hydrogens (tertiary/aromatic N) is 3. The molecule has 34 heavy (non-hydrogen) atoms. The Morgan fingerprint density at radius 3 is 2.56 bits per heavy atom. The highest BCUT2D eigenvalue weighted by Gasteiger charge is 2.27. The first kappa shape index (κ1) is 25.0. The summed E-state index contributed by atoms with van der Waals surface area (Å²) in [6.45, 7) is 10.0. The molecule has 1 atom stereocenters. The number of aromatic nitrogens is 3. The molecule has 3 aromatic rings. The zero-order valence-corrected chi connectivity index (χ0v) is 20.4. The van der Waals surface area contributed by atoms with E-state index in [9.17, 15) is 14.4 Å². The topological polar surface area (TPSA) is 109 Å². The summed E-state index contributed by atoms with van der Waals surface area (Å²) in [5, 5.41) is 7.28. The number of aromatic amines is 1. The van der Waals surface area contributed by atoms with Crippen LogP contribution in [0.4, 0.5) is 4.79 Å². The molecule has 0 saturated heterocycles. The van der Waals surface area contributed by atoms with E-state index in [4.69, 9.17) is 4.74 Å². The Hall–Kier alpha value is -3.62. The standard InChI is InChI=1S/C25H33N5O4/c1-6-19(21-27-22(31)20-9-7-16-30(20)28-21)29(23(32)18-12-10-17(2)11-13-18)15-8-14-26-24(33)34-25(3,4)5/h7,9-13,16,19H,6,8,14-15H2,1-5H3,(H,26,33)(H,27,28,31). The van der Waals surface area contributed by atoms with Gasteiger partial charge in [-0.2, -0.15) is 5.10 Å². The van der Waals surface area contributed by atoms with Crippen molar-refractivity contribution in [2.75, 3.05) is 13.1 Å². The molecule has 0 aliphatic rings. The zero-order valence-electron chi connectivity index (χ0n) is 20.4. The molecule has 0 bridgehead atoms. The lowest BCUT2D eigenvalue weighted by atomic mass is 10.1. The van der Waals surface area contributed by atoms with E-state index in [-0.39, 0.29) is 11.5 Å². The number of H-pyrrole nitrogens is 1. The second-order valence-electron chi connectivity index (χ2n) is 9.25. The number of carbonyl (C=O) groups excluding carboxylic acids is 2. The predicted molar refractivity (Wildman–Crippen MR) is 130 cm³/mol. The summed E-state index contributed by atoms with van der Waals surface area (Å²) in [4.78, 5) is 42.6. The van der Waals surface area contributed by atoms with E-state index in [0.717, 1.165) is 5.56 Å². The number of rotatable bonds is 8. The molecule has 0 saturated carbocycles. The summed E-state index contributed by atoms with van der Waals surface area (Å²) in [6.07, 6.45) is 2.26. The Bertz CT molecular complexity index is 1190. The first-order valence-corrected chi connectivity index (χ1v) is 11.5. The Balaban J connectivity index is 1.83. The number of alkyl carbamates (subject to hydrolysis) is 1. The molecule has 9 nitrogen and oxygen atoms in total. The second-order valence-corrected chi connectivity index (χ2v) is 9.25. The van der Waals surface area contributed by atoms with Crippen molar-refractivity contribution in [3.63, 3.8) is 0 Å². The van der Waals surface area contributed by atoms with Gasteiger partial charge < -0.3 is 19.9 Å². The molecular weight excluding hydrogens is 434 g/mol. The lowest BCUT2D eigenvalue weighted by molar-refractivity contribution is 0.0523. The van der Waals surface area contributed by atoms with Crippen molar-refractivity contribution in [2.24, 2.45) is 0 Å². The van der Waals surface area contributed by atoms with Crippen LogP contribution in [0.15, 0.2) is 47.4 Å². The molecule has 2 aromatic heterocycles. The number of hydrogen-bond acceptors (Lipinski definition) is 5. The monoisotopic (exact) mass is 467 g/mol. The number of amides is 2. The number of aryl methyl sites for hydroxylation is 1. The minimum absolute atomic E-state index is 0.167. The lowest BCUT2D eigenvalue weighted by Gasteiger charge is -2.31. The van der Waals surface area contributed by atoms with Crippen molar-refractivity contribution in [2.45, 2.75) is 59.1 Å². The van der Waals surface area contributed by atoms with Gasteiger partial charge in [-0.15, -0.1) is 0 Å². The Morgan fingerprint density at radius 2 is 1.91 bits per heavy atom. The number of hydrogen-bond donors (Lipinski definition) is 2. The lowest BCUT2D eigenvalue weighted by Crippen LogP contribution is -2.39. The van der Waals surface area contributed by atoms with Crippen LogP contribution in [0.5, 0.6) is 0 Å². The number of nitrogens with one attached hydrogen (secondary N) is 2. The summed E-state index contributed by atoms with van der Waals surface area (Å²) in [5.41, 5.74) is 1.20. The van der Waals surface area contributed by atoms with Gasteiger partial charge in [0, 0.05) is 24.8 Å². The highest BCUT2D eigenvalue weighted by atomic mass is 16.6. The molecule has 2 amide bonds. The van der Waals surface area contributed by atoms with Gasteiger partial charge in [0.15, 0.2) is 5.82 Å². The van der Waals surface area contributed by atoms with Crippen molar-refractivity contribution in [1.29, 1.82) is 0 Å². The van der Waals surface area contributed by atoms with Crippen LogP contribution in [0.2, 0.25) is 0 Å². The maximum atomic E-state index is 13.5. The zero-order chi connectivity index (χ0) is 24.9. The fourth-order valence-electron chi connectivity index (χ4n) is 3.69. The van der Waals surface area contributed by atoms with E-state index >= 15 is 0 Å². The van der Waals surface area contributed by atoms with Gasteiger partial charge in [-0.3, -0.25) is 9.59 Å². The fraction of sp³-hybridized carbons (Fsp3) is 0.440. The number of carbonyl (C=O) groups is 2. The molecule has 3 rings (SSSR count). The molecule has 0 aliphatic carbocycles. The van der Waals surface area contributed by atoms with Crippen LogP contribution in [0.3, 0.4) is 0 Å². The Labute approximate surface area is 199 Å². The molecule has 0 spiro atoms. The Morgan fingerprint density at radius 1 is 1.21 bits per heavy atom. The van der Waals surface area contributed by atoms with Crippen molar-refractivity contribution >= 4 is 17.5 Å². The SMILES string of the molecule is CCC(c1nn2cccc2c(=O)[nH]1)N(CCCNC(=O)OC(C)(C)C)C(=O)c1ccc(C)cc1. The van der Waals surface area contributed by atoms with E-state index in [0.29, 0.717) is 42.8 Å². The summed E-state index contributed by atoms with van der Waals surface area (Å²) >= 11 is 0. The molecule has 0 fully saturated rings. The number of benzene rings is 1. The van der Waals surface area contributed by atoms with E-state index in [2.05, 4.69) is 15.4 Å². The minimum atomic E-state index is -0.584. The molecule has 0 aliphatic heterocycles. The van der Waals surface area contributed by atoms with E-state index in [1.54, 1.807) is 56.1 Å². The third-order valence-corrected chi connectivity index (χ3v) is 5.30. The first-order valence-electron chi connectivity index (χ1n) is 11.5. The molecular formula is C25H33N5O4. The molecule has 1 aromatic carbocycles. The first-order chi connectivity index (χ1) is 16.1. The van der Waals surface area contributed by atoms with Crippen molar-refractivity contribution < 1.29 is 14.3 Å². The second kappa shape index (κ2) is 10.5. The number of ether oxygens (including phenoxy) is 1. The third-order valence-electron chi connectivity index (χ3n) is 5.30. The maximum absolute atomic E-state index is 13.5. The van der Waals surface area contributed by atoms with Gasteiger partial charge in [0.1, 0.15) is 11.1 Å². The molecule has 1 unspecified atom stereocenters. The van der Waals surface area contributed by atoms with Crippen molar-refractivity contribution in [3.05, 3.63) is 69.9 Å². The minimum Gasteiger partial charge on any atom is -0.444 e. The van der Waals surface area contributed by atoms with Crippen LogP contribution in [0, 0.1) is 6.92 Å². The quantitative estimate of drug-likeness (QED) is 0.489. The van der Waals surface area contributed by atoms with Crippen LogP contribution in [0.1, 0.15) is 68.3 Å². The summed E-state index contributed by atoms with van der Waals surface area (Å²) in [7, 11) is 0. The van der Waals surface area contributed by atoms with Gasteiger partial charge >= 0.3 is 6.09 Å². The van der Waals surface area contributed by atoms with Gasteiger partial charge in [0.05, 0.1) is 6.04 Å². The summed E-state index contributed by atoms with van der Waals surface area (Å²) < 4.78 is 6.80. The van der Waals surface area contributed by atoms with Gasteiger partial charge in [0.25, 0.3) is 11.5 Å². The van der Waals surface area contributed by atoms with Crippen molar-refractivity contribution in [1.82, 2.24) is 24.8 Å². The summed E-state index contributed by atoms with van der Waals surface area (Å²) in [5.74, 6) is 0.246. The summed E-state index contributed by atoms with van der Waals surface area (Å²) in [6, 6.07) is 10.4. The molecule has 9 heteroatoms. The van der Waals surface area contributed by atoms with E-state index in [1.807, 2.05) is 26.0 Å². The highest BCUT2D eigenvalue weighted by molar-refractivity contribution is 5.94. The maximum Gasteiger partial charge on any atom is 0.407 e. The van der Waals surface area contributed by atoms with Gasteiger partial charge in [0.2, 0.25) is 0 Å². The Kier molecular flexibility index (Phi) is 7.75. The van der Waals surface area contributed by atoms with Gasteiger partial charge in [-0.1, -0.05) is 24.6 Å². The van der Waals surface area contributed by atoms with Crippen LogP contribution < -0.4 is 10.9 Å².